The summed E-state index contributed by atoms with van der Waals surface area (Å²) in [5, 5.41) is 12.0. The molecule has 0 bridgehead atoms. The highest BCUT2D eigenvalue weighted by Crippen LogP contribution is 2.25. The number of anilines is 1. The van der Waals surface area contributed by atoms with Crippen LogP contribution in [0.15, 0.2) is 18.2 Å². The van der Waals surface area contributed by atoms with Gasteiger partial charge in [-0.2, -0.15) is 0 Å². The predicted molar refractivity (Wildman–Crippen MR) is 84.0 cm³/mol. The molecular weight excluding hydrogens is 280 g/mol. The third kappa shape index (κ3) is 3.24. The first-order valence-corrected chi connectivity index (χ1v) is 8.04. The number of amides is 2. The second kappa shape index (κ2) is 6.38. The van der Waals surface area contributed by atoms with Gasteiger partial charge < -0.3 is 15.3 Å². The number of carbonyl (C=O) groups is 2. The van der Waals surface area contributed by atoms with Crippen LogP contribution in [-0.4, -0.2) is 35.1 Å². The number of aryl methyl sites for hydroxylation is 2. The fourth-order valence-electron chi connectivity index (χ4n) is 3.38. The number of aliphatic carboxylic acids is 1. The molecule has 1 aliphatic heterocycles. The van der Waals surface area contributed by atoms with Crippen LogP contribution in [0.3, 0.4) is 0 Å². The molecule has 3 rings (SSSR count). The lowest BCUT2D eigenvalue weighted by Crippen LogP contribution is -2.44. The zero-order chi connectivity index (χ0) is 15.5. The molecule has 1 saturated heterocycles. The first kappa shape index (κ1) is 14.9. The van der Waals surface area contributed by atoms with E-state index in [1.165, 1.54) is 24.0 Å². The van der Waals surface area contributed by atoms with Gasteiger partial charge in [0.15, 0.2) is 0 Å². The first-order chi connectivity index (χ1) is 10.6. The van der Waals surface area contributed by atoms with Crippen molar-refractivity contribution in [3.63, 3.8) is 0 Å². The van der Waals surface area contributed by atoms with Gasteiger partial charge in [0.05, 0.1) is 5.92 Å². The van der Waals surface area contributed by atoms with Crippen LogP contribution in [0.5, 0.6) is 0 Å². The number of carbonyl (C=O) groups excluding carboxylic acids is 1. The van der Waals surface area contributed by atoms with Crippen molar-refractivity contribution in [3.8, 4) is 0 Å². The van der Waals surface area contributed by atoms with Gasteiger partial charge in [-0.3, -0.25) is 4.79 Å². The van der Waals surface area contributed by atoms with Crippen LogP contribution < -0.4 is 5.32 Å². The summed E-state index contributed by atoms with van der Waals surface area (Å²) >= 11 is 0. The maximum atomic E-state index is 12.3. The largest absolute Gasteiger partial charge is 0.481 e. The standard InChI is InChI=1S/C17H22N2O3/c20-16(21)14-6-3-9-19(11-14)17(22)18-15-8-7-12-4-1-2-5-13(12)10-15/h7-8,10,14H,1-6,9,11H2,(H,18,22)(H,20,21). The highest BCUT2D eigenvalue weighted by molar-refractivity contribution is 5.90. The second-order valence-corrected chi connectivity index (χ2v) is 6.24. The normalized spacial score (nSPS) is 21.1. The first-order valence-electron chi connectivity index (χ1n) is 8.04. The minimum Gasteiger partial charge on any atom is -0.481 e. The molecule has 1 unspecified atom stereocenters. The summed E-state index contributed by atoms with van der Waals surface area (Å²) in [6, 6.07) is 5.91. The van der Waals surface area contributed by atoms with Crippen molar-refractivity contribution in [1.29, 1.82) is 0 Å². The lowest BCUT2D eigenvalue weighted by Gasteiger charge is -2.30. The van der Waals surface area contributed by atoms with E-state index in [9.17, 15) is 9.59 Å². The zero-order valence-corrected chi connectivity index (χ0v) is 12.7. The Morgan fingerprint density at radius 3 is 2.68 bits per heavy atom. The van der Waals surface area contributed by atoms with Crippen molar-refractivity contribution >= 4 is 17.7 Å². The molecule has 5 nitrogen and oxygen atoms in total. The van der Waals surface area contributed by atoms with Gasteiger partial charge in [0.25, 0.3) is 0 Å². The summed E-state index contributed by atoms with van der Waals surface area (Å²) < 4.78 is 0. The molecule has 118 valence electrons. The molecular formula is C17H22N2O3. The number of hydrogen-bond donors (Lipinski definition) is 2. The number of carboxylic acid groups (broad SMARTS) is 1. The van der Waals surface area contributed by atoms with Crippen molar-refractivity contribution in [1.82, 2.24) is 4.90 Å². The van der Waals surface area contributed by atoms with Crippen molar-refractivity contribution < 1.29 is 14.7 Å². The van der Waals surface area contributed by atoms with Gasteiger partial charge in [-0.25, -0.2) is 4.79 Å². The molecule has 1 heterocycles. The summed E-state index contributed by atoms with van der Waals surface area (Å²) in [6.45, 7) is 0.923. The molecule has 0 aromatic heterocycles. The number of carboxylic acids is 1. The van der Waals surface area contributed by atoms with E-state index in [0.717, 1.165) is 24.9 Å². The molecule has 1 aliphatic carbocycles. The Hall–Kier alpha value is -2.04. The number of rotatable bonds is 2. The smallest absolute Gasteiger partial charge is 0.321 e. The minimum atomic E-state index is -0.814. The maximum Gasteiger partial charge on any atom is 0.321 e. The van der Waals surface area contributed by atoms with Crippen molar-refractivity contribution in [2.45, 2.75) is 38.5 Å². The summed E-state index contributed by atoms with van der Waals surface area (Å²) in [6.07, 6.45) is 6.03. The average Bonchev–Trinajstić information content (AvgIpc) is 2.55. The summed E-state index contributed by atoms with van der Waals surface area (Å²) in [5.74, 6) is -1.26. The third-order valence-corrected chi connectivity index (χ3v) is 4.66. The minimum absolute atomic E-state index is 0.193. The molecule has 2 N–H and O–H groups in total. The molecule has 1 aromatic carbocycles. The Kier molecular flexibility index (Phi) is 4.32. The number of hydrogen-bond acceptors (Lipinski definition) is 2. The van der Waals surface area contributed by atoms with Crippen LogP contribution >= 0.6 is 0 Å². The predicted octanol–water partition coefficient (Wildman–Crippen LogP) is 2.89. The van der Waals surface area contributed by atoms with Gasteiger partial charge in [0.2, 0.25) is 0 Å². The van der Waals surface area contributed by atoms with E-state index < -0.39 is 11.9 Å². The lowest BCUT2D eigenvalue weighted by molar-refractivity contribution is -0.143. The molecule has 1 fully saturated rings. The van der Waals surface area contributed by atoms with Crippen LogP contribution in [-0.2, 0) is 17.6 Å². The Balaban J connectivity index is 1.65. The molecule has 1 atom stereocenters. The van der Waals surface area contributed by atoms with Gasteiger partial charge in [-0.1, -0.05) is 6.07 Å². The fraction of sp³-hybridized carbons (Fsp3) is 0.529. The number of nitrogens with zero attached hydrogens (tertiary/aromatic N) is 1. The van der Waals surface area contributed by atoms with E-state index >= 15 is 0 Å². The molecule has 2 amide bonds. The van der Waals surface area contributed by atoms with E-state index in [0.29, 0.717) is 19.5 Å². The number of nitrogens with one attached hydrogen (secondary N) is 1. The summed E-state index contributed by atoms with van der Waals surface area (Å²) in [4.78, 5) is 25.0. The number of likely N-dealkylation sites (tertiary alicyclic amines) is 1. The maximum absolute atomic E-state index is 12.3. The zero-order valence-electron chi connectivity index (χ0n) is 12.7. The molecule has 0 saturated carbocycles. The molecule has 0 spiro atoms. The second-order valence-electron chi connectivity index (χ2n) is 6.24. The van der Waals surface area contributed by atoms with Crippen molar-refractivity contribution in [2.24, 2.45) is 5.92 Å². The molecule has 5 heteroatoms. The van der Waals surface area contributed by atoms with Crippen molar-refractivity contribution in [2.75, 3.05) is 18.4 Å². The topological polar surface area (TPSA) is 69.6 Å². The van der Waals surface area contributed by atoms with Crippen LogP contribution in [0.2, 0.25) is 0 Å². The van der Waals surface area contributed by atoms with Gasteiger partial charge in [-0.15, -0.1) is 0 Å². The fourth-order valence-corrected chi connectivity index (χ4v) is 3.38. The average molecular weight is 302 g/mol. The number of benzene rings is 1. The van der Waals surface area contributed by atoms with Gasteiger partial charge >= 0.3 is 12.0 Å². The lowest BCUT2D eigenvalue weighted by atomic mass is 9.91. The number of fused-ring (bicyclic) bond motifs is 1. The Morgan fingerprint density at radius 2 is 1.91 bits per heavy atom. The van der Waals surface area contributed by atoms with Crippen LogP contribution in [0.1, 0.15) is 36.8 Å². The number of piperidine rings is 1. The summed E-state index contributed by atoms with van der Waals surface area (Å²) in [7, 11) is 0. The van der Waals surface area contributed by atoms with Gasteiger partial charge in [0, 0.05) is 18.8 Å². The van der Waals surface area contributed by atoms with Crippen LogP contribution in [0.25, 0.3) is 0 Å². The van der Waals surface area contributed by atoms with E-state index in [1.54, 1.807) is 4.90 Å². The van der Waals surface area contributed by atoms with Gasteiger partial charge in [-0.05, 0) is 61.8 Å². The van der Waals surface area contributed by atoms with Crippen LogP contribution in [0.4, 0.5) is 10.5 Å². The third-order valence-electron chi connectivity index (χ3n) is 4.66. The molecule has 1 aromatic rings. The highest BCUT2D eigenvalue weighted by Gasteiger charge is 2.28. The van der Waals surface area contributed by atoms with E-state index in [1.807, 2.05) is 6.07 Å². The molecule has 2 aliphatic rings. The van der Waals surface area contributed by atoms with E-state index in [-0.39, 0.29) is 6.03 Å². The number of urea groups is 1. The van der Waals surface area contributed by atoms with Crippen molar-refractivity contribution in [3.05, 3.63) is 29.3 Å². The molecule has 0 radical (unpaired) electrons. The molecule has 22 heavy (non-hydrogen) atoms. The SMILES string of the molecule is O=C(O)C1CCCN(C(=O)Nc2ccc3c(c2)CCCC3)C1. The van der Waals surface area contributed by atoms with E-state index in [4.69, 9.17) is 5.11 Å². The Bertz CT molecular complexity index is 585. The quantitative estimate of drug-likeness (QED) is 0.882. The monoisotopic (exact) mass is 302 g/mol. The van der Waals surface area contributed by atoms with Gasteiger partial charge in [0.1, 0.15) is 0 Å². The summed E-state index contributed by atoms with van der Waals surface area (Å²) in [5.41, 5.74) is 3.52. The van der Waals surface area contributed by atoms with Crippen LogP contribution in [0, 0.1) is 5.92 Å². The van der Waals surface area contributed by atoms with E-state index in [2.05, 4.69) is 17.4 Å². The Labute approximate surface area is 130 Å². The Morgan fingerprint density at radius 1 is 1.14 bits per heavy atom. The highest BCUT2D eigenvalue weighted by atomic mass is 16.4.